The van der Waals surface area contributed by atoms with Crippen LogP contribution in [0.4, 0.5) is 0 Å². The predicted octanol–water partition coefficient (Wildman–Crippen LogP) is 5.45. The lowest BCUT2D eigenvalue weighted by Gasteiger charge is -2.01. The number of nitriles is 1. The summed E-state index contributed by atoms with van der Waals surface area (Å²) in [7, 11) is 1.63. The summed E-state index contributed by atoms with van der Waals surface area (Å²) in [4.78, 5) is 4.64. The quantitative estimate of drug-likeness (QED) is 0.577. The van der Waals surface area contributed by atoms with Crippen LogP contribution >= 0.6 is 11.3 Å². The monoisotopic (exact) mass is 346 g/mol. The summed E-state index contributed by atoms with van der Waals surface area (Å²) in [5.41, 5.74) is 4.73. The molecule has 3 nitrogen and oxygen atoms in total. The Kier molecular flexibility index (Phi) is 5.27. The highest BCUT2D eigenvalue weighted by molar-refractivity contribution is 7.11. The molecule has 1 heterocycles. The van der Waals surface area contributed by atoms with Crippen LogP contribution < -0.4 is 4.74 Å². The average Bonchev–Trinajstić information content (AvgIpc) is 3.16. The molecule has 0 spiro atoms. The molecule has 3 aromatic rings. The zero-order valence-corrected chi connectivity index (χ0v) is 15.0. The van der Waals surface area contributed by atoms with Gasteiger partial charge in [0, 0.05) is 10.9 Å². The van der Waals surface area contributed by atoms with E-state index in [9.17, 15) is 5.26 Å². The molecular weight excluding hydrogens is 328 g/mol. The zero-order chi connectivity index (χ0) is 17.6. The van der Waals surface area contributed by atoms with Gasteiger partial charge in [-0.15, -0.1) is 11.3 Å². The summed E-state index contributed by atoms with van der Waals surface area (Å²) < 4.78 is 5.23. The van der Waals surface area contributed by atoms with Crippen LogP contribution in [0.1, 0.15) is 23.1 Å². The number of rotatable bonds is 5. The molecule has 0 aliphatic heterocycles. The van der Waals surface area contributed by atoms with Crippen molar-refractivity contribution in [1.82, 2.24) is 4.98 Å². The van der Waals surface area contributed by atoms with Crippen molar-refractivity contribution in [3.8, 4) is 23.1 Å². The third kappa shape index (κ3) is 3.96. The molecule has 0 N–H and O–H groups in total. The van der Waals surface area contributed by atoms with E-state index in [4.69, 9.17) is 4.74 Å². The number of aromatic nitrogens is 1. The molecule has 3 rings (SSSR count). The van der Waals surface area contributed by atoms with Gasteiger partial charge in [0.15, 0.2) is 0 Å². The molecule has 0 saturated heterocycles. The summed E-state index contributed by atoms with van der Waals surface area (Å²) in [5.74, 6) is 0.766. The summed E-state index contributed by atoms with van der Waals surface area (Å²) in [6.07, 6.45) is 2.86. The standard InChI is InChI=1S/C21H18N2OS/c1-3-15-7-9-17(10-8-15)20-14-25-21(23-20)18(13-22)11-16-5-4-6-19(12-16)24-2/h4-12,14H,3H2,1-2H3. The van der Waals surface area contributed by atoms with Gasteiger partial charge < -0.3 is 4.74 Å². The molecule has 2 aromatic carbocycles. The number of hydrogen-bond acceptors (Lipinski definition) is 4. The number of benzene rings is 2. The van der Waals surface area contributed by atoms with Crippen LogP contribution in [-0.4, -0.2) is 12.1 Å². The first kappa shape index (κ1) is 16.9. The van der Waals surface area contributed by atoms with E-state index in [1.807, 2.05) is 35.7 Å². The van der Waals surface area contributed by atoms with Gasteiger partial charge in [0.2, 0.25) is 0 Å². The van der Waals surface area contributed by atoms with Gasteiger partial charge in [-0.05, 0) is 35.8 Å². The van der Waals surface area contributed by atoms with Crippen molar-refractivity contribution in [3.63, 3.8) is 0 Å². The highest BCUT2D eigenvalue weighted by atomic mass is 32.1. The lowest BCUT2D eigenvalue weighted by Crippen LogP contribution is -1.85. The first-order valence-corrected chi connectivity index (χ1v) is 8.92. The van der Waals surface area contributed by atoms with Crippen molar-refractivity contribution in [1.29, 1.82) is 5.26 Å². The number of ether oxygens (including phenoxy) is 1. The topological polar surface area (TPSA) is 45.9 Å². The molecule has 25 heavy (non-hydrogen) atoms. The molecule has 0 bridgehead atoms. The number of aryl methyl sites for hydroxylation is 1. The number of thiazole rings is 1. The second-order valence-corrected chi connectivity index (χ2v) is 6.39. The molecule has 0 radical (unpaired) electrons. The van der Waals surface area contributed by atoms with Gasteiger partial charge in [-0.2, -0.15) is 5.26 Å². The summed E-state index contributed by atoms with van der Waals surface area (Å²) in [6.45, 7) is 2.14. The minimum Gasteiger partial charge on any atom is -0.497 e. The highest BCUT2D eigenvalue weighted by Crippen LogP contribution is 2.28. The molecule has 0 unspecified atom stereocenters. The van der Waals surface area contributed by atoms with E-state index in [0.717, 1.165) is 34.0 Å². The zero-order valence-electron chi connectivity index (χ0n) is 14.2. The van der Waals surface area contributed by atoms with Crippen molar-refractivity contribution in [2.45, 2.75) is 13.3 Å². The van der Waals surface area contributed by atoms with Gasteiger partial charge in [-0.1, -0.05) is 43.3 Å². The fourth-order valence-electron chi connectivity index (χ4n) is 2.48. The Hall–Kier alpha value is -2.90. The fourth-order valence-corrected chi connectivity index (χ4v) is 3.28. The predicted molar refractivity (Wildman–Crippen MR) is 103 cm³/mol. The van der Waals surface area contributed by atoms with Crippen molar-refractivity contribution in [3.05, 3.63) is 70.0 Å². The van der Waals surface area contributed by atoms with Crippen LogP contribution in [0.25, 0.3) is 22.9 Å². The molecule has 0 atom stereocenters. The van der Waals surface area contributed by atoms with Crippen LogP contribution in [-0.2, 0) is 6.42 Å². The van der Waals surface area contributed by atoms with E-state index in [2.05, 4.69) is 42.2 Å². The van der Waals surface area contributed by atoms with Gasteiger partial charge in [-0.25, -0.2) is 4.98 Å². The van der Waals surface area contributed by atoms with Crippen molar-refractivity contribution < 1.29 is 4.74 Å². The molecule has 0 amide bonds. The van der Waals surface area contributed by atoms with Crippen LogP contribution in [0.5, 0.6) is 5.75 Å². The maximum atomic E-state index is 9.53. The molecule has 124 valence electrons. The van der Waals surface area contributed by atoms with Gasteiger partial charge >= 0.3 is 0 Å². The van der Waals surface area contributed by atoms with E-state index >= 15 is 0 Å². The molecule has 4 heteroatoms. The lowest BCUT2D eigenvalue weighted by atomic mass is 10.1. The third-order valence-electron chi connectivity index (χ3n) is 3.92. The van der Waals surface area contributed by atoms with E-state index in [1.165, 1.54) is 16.9 Å². The van der Waals surface area contributed by atoms with E-state index in [0.29, 0.717) is 5.57 Å². The Morgan fingerprint density at radius 3 is 2.72 bits per heavy atom. The Labute approximate surface area is 151 Å². The summed E-state index contributed by atoms with van der Waals surface area (Å²) in [6, 6.07) is 18.3. The Morgan fingerprint density at radius 2 is 2.04 bits per heavy atom. The Morgan fingerprint density at radius 1 is 1.24 bits per heavy atom. The minimum absolute atomic E-state index is 0.551. The second-order valence-electron chi connectivity index (χ2n) is 5.53. The molecular formula is C21H18N2OS. The number of hydrogen-bond donors (Lipinski definition) is 0. The van der Waals surface area contributed by atoms with Gasteiger partial charge in [0.1, 0.15) is 16.8 Å². The van der Waals surface area contributed by atoms with Crippen LogP contribution in [0, 0.1) is 11.3 Å². The number of nitrogens with zero attached hydrogens (tertiary/aromatic N) is 2. The maximum Gasteiger partial charge on any atom is 0.134 e. The highest BCUT2D eigenvalue weighted by Gasteiger charge is 2.09. The van der Waals surface area contributed by atoms with Crippen molar-refractivity contribution >= 4 is 23.0 Å². The fraction of sp³-hybridized carbons (Fsp3) is 0.143. The van der Waals surface area contributed by atoms with Crippen molar-refractivity contribution in [2.75, 3.05) is 7.11 Å². The van der Waals surface area contributed by atoms with Gasteiger partial charge in [0.25, 0.3) is 0 Å². The third-order valence-corrected chi connectivity index (χ3v) is 4.79. The van der Waals surface area contributed by atoms with Crippen molar-refractivity contribution in [2.24, 2.45) is 0 Å². The normalized spacial score (nSPS) is 11.2. The SMILES string of the molecule is CCc1ccc(-c2csc(C(C#N)=Cc3cccc(OC)c3)n2)cc1. The smallest absolute Gasteiger partial charge is 0.134 e. The first-order chi connectivity index (χ1) is 12.2. The van der Waals surface area contributed by atoms with E-state index in [-0.39, 0.29) is 0 Å². The Balaban J connectivity index is 1.90. The minimum atomic E-state index is 0.551. The molecule has 1 aromatic heterocycles. The average molecular weight is 346 g/mol. The second kappa shape index (κ2) is 7.78. The number of allylic oxidation sites excluding steroid dienone is 1. The molecule has 0 saturated carbocycles. The van der Waals surface area contributed by atoms with Gasteiger partial charge in [0.05, 0.1) is 18.4 Å². The summed E-state index contributed by atoms with van der Waals surface area (Å²) >= 11 is 1.48. The van der Waals surface area contributed by atoms with Gasteiger partial charge in [-0.3, -0.25) is 0 Å². The Bertz CT molecular complexity index is 933. The largest absolute Gasteiger partial charge is 0.497 e. The first-order valence-electron chi connectivity index (χ1n) is 8.04. The maximum absolute atomic E-state index is 9.53. The molecule has 0 aliphatic rings. The lowest BCUT2D eigenvalue weighted by molar-refractivity contribution is 0.414. The van der Waals surface area contributed by atoms with Crippen LogP contribution in [0.3, 0.4) is 0 Å². The van der Waals surface area contributed by atoms with Crippen LogP contribution in [0.15, 0.2) is 53.9 Å². The van der Waals surface area contributed by atoms with E-state index < -0.39 is 0 Å². The summed E-state index contributed by atoms with van der Waals surface area (Å²) in [5, 5.41) is 12.2. The van der Waals surface area contributed by atoms with Crippen LogP contribution in [0.2, 0.25) is 0 Å². The number of methoxy groups -OCH3 is 1. The molecule has 0 fully saturated rings. The van der Waals surface area contributed by atoms with E-state index in [1.54, 1.807) is 7.11 Å². The molecule has 0 aliphatic carbocycles.